The molecule has 0 radical (unpaired) electrons. The zero-order valence-electron chi connectivity index (χ0n) is 81.1. The zero-order valence-corrected chi connectivity index (χ0v) is 82.9. The van der Waals surface area contributed by atoms with E-state index >= 15 is 0 Å². The number of furan rings is 3. The number of benzene rings is 21. The van der Waals surface area contributed by atoms with E-state index in [1.54, 1.807) is 0 Å². The Bertz CT molecular complexity index is 9870. The molecule has 1 aliphatic rings. The van der Waals surface area contributed by atoms with Crippen LogP contribution in [0.5, 0.6) is 0 Å². The van der Waals surface area contributed by atoms with Gasteiger partial charge in [0.2, 0.25) is 0 Å². The zero-order chi connectivity index (χ0) is 98.3. The van der Waals surface area contributed by atoms with Gasteiger partial charge in [0.05, 0.1) is 33.6 Å². The van der Waals surface area contributed by atoms with E-state index < -0.39 is 8.07 Å². The van der Waals surface area contributed by atoms with Crippen LogP contribution in [0.15, 0.2) is 541 Å². The number of thiophene rings is 1. The molecule has 698 valence electrons. The lowest BCUT2D eigenvalue weighted by molar-refractivity contribution is 0.660. The number of hydrogen-bond donors (Lipinski definition) is 0. The second-order valence-corrected chi connectivity index (χ2v) is 43.6. The summed E-state index contributed by atoms with van der Waals surface area (Å²) in [5.74, 6) is 0. The van der Waals surface area contributed by atoms with Gasteiger partial charge in [0.15, 0.2) is 19.2 Å². The Hall–Kier alpha value is -18.7. The van der Waals surface area contributed by atoms with Crippen LogP contribution in [0.25, 0.3) is 197 Å². The fraction of sp³-hybridized carbons (Fsp3) is 0.0217. The summed E-state index contributed by atoms with van der Waals surface area (Å²) < 4.78 is 21.1. The molecule has 0 saturated heterocycles. The first-order valence-corrected chi connectivity index (χ1v) is 53.2. The van der Waals surface area contributed by atoms with Crippen LogP contribution < -0.4 is 30.5 Å². The Morgan fingerprint density at radius 2 is 0.561 bits per heavy atom. The van der Waals surface area contributed by atoms with Crippen molar-refractivity contribution in [2.45, 2.75) is 19.3 Å². The summed E-state index contributed by atoms with van der Waals surface area (Å²) in [6.45, 7) is 4.68. The SMILES string of the molecule is CC1(C)c2ccccc2-c2ccc(N(c3ccc(-c4ccccc4)cc3)c3cccc(-c4ccc5c(c4)ncc4oc6ccccc6c45)c3)cc21.c1cc(-c2ccc3c(c2)ncc2sc4ccccc4c23)cc(-c2cccc3c2oc2ccccc23)c1.c1ccc(-c2ccc(N(c3ccc([Si](c4ccccc4)(c4ccccc4)c4ccccc4)cc3)c3cccc(-c4ccc5c(c4)ncc4oc6ccccc6c45)c3)cc2)cc1. The molecule has 0 aliphatic heterocycles. The van der Waals surface area contributed by atoms with Gasteiger partial charge in [0, 0.05) is 115 Å². The summed E-state index contributed by atoms with van der Waals surface area (Å²) in [4.78, 5) is 19.3. The van der Waals surface area contributed by atoms with E-state index in [9.17, 15) is 0 Å². The highest BCUT2D eigenvalue weighted by molar-refractivity contribution is 7.26. The molecule has 148 heavy (non-hydrogen) atoms. The molecule has 0 bridgehead atoms. The van der Waals surface area contributed by atoms with Gasteiger partial charge in [0.1, 0.15) is 22.3 Å². The molecule has 29 rings (SSSR count). The Kier molecular flexibility index (Phi) is 22.0. The van der Waals surface area contributed by atoms with Crippen LogP contribution in [-0.2, 0) is 5.41 Å². The summed E-state index contributed by atoms with van der Waals surface area (Å²) >= 11 is 1.81. The maximum absolute atomic E-state index is 6.30. The maximum Gasteiger partial charge on any atom is 0.179 e. The molecule has 0 fully saturated rings. The average Bonchev–Trinajstić information content (AvgIpc) is 1.67. The first-order valence-electron chi connectivity index (χ1n) is 50.4. The van der Waals surface area contributed by atoms with E-state index in [1.807, 2.05) is 66.3 Å². The van der Waals surface area contributed by atoms with Crippen molar-refractivity contribution in [2.24, 2.45) is 0 Å². The van der Waals surface area contributed by atoms with Gasteiger partial charge in [-0.3, -0.25) is 15.0 Å². The fourth-order valence-corrected chi connectivity index (χ4v) is 28.6. The topological polar surface area (TPSA) is 84.6 Å². The highest BCUT2D eigenvalue weighted by Crippen LogP contribution is 2.53. The molecule has 0 unspecified atom stereocenters. The van der Waals surface area contributed by atoms with E-state index in [0.29, 0.717) is 0 Å². The van der Waals surface area contributed by atoms with Crippen molar-refractivity contribution in [2.75, 3.05) is 9.80 Å². The molecule has 10 heteroatoms. The Morgan fingerprint density at radius 1 is 0.209 bits per heavy atom. The van der Waals surface area contributed by atoms with Crippen LogP contribution in [-0.4, -0.2) is 23.0 Å². The van der Waals surface area contributed by atoms with Crippen molar-refractivity contribution in [3.63, 3.8) is 0 Å². The summed E-state index contributed by atoms with van der Waals surface area (Å²) in [6.07, 6.45) is 5.73. The molecule has 0 saturated carbocycles. The van der Waals surface area contributed by atoms with Gasteiger partial charge in [-0.2, -0.15) is 0 Å². The monoisotopic (exact) mass is 1930 g/mol. The van der Waals surface area contributed by atoms with E-state index in [-0.39, 0.29) is 5.41 Å². The number of pyridine rings is 3. The highest BCUT2D eigenvalue weighted by Gasteiger charge is 2.42. The Balaban J connectivity index is 0.000000113. The predicted molar refractivity (Wildman–Crippen MR) is 623 cm³/mol. The standard InChI is InChI=1S/C57H40N2OSi.C48H34N2O.C33H19NOS/c1-5-16-41(17-6-1)42-28-31-45(32-29-42)59(47-19-15-18-43(38-47)44-30-37-52-54(39-44)58-40-56-57(52)53-26-13-14-27-55(53)60-56)46-33-35-51(36-34-46)61(48-20-7-2-8-21-48,49-22-9-3-10-23-49)50-24-11-4-12-25-50;1-48(2)42-17-8-6-15-38(42)39-26-24-37(29-43(39)48)50(35-22-19-32(20-23-35)31-11-4-3-5-12-31)36-14-10-13-33(27-36)34-21-25-40-44(28-34)49-30-46-47(40)41-16-7-9-18-45(41)51-46;1-3-13-29-24(9-1)25-12-6-11-23(33(25)35-29)22-8-5-7-20(17-22)21-15-16-26-28(18-21)34-19-31-32(26)27-10-2-4-14-30(27)36-31/h1-40H;3-30H,1-2H3;1-19H. The normalized spacial score (nSPS) is 12.2. The minimum absolute atomic E-state index is 0.101. The van der Waals surface area contributed by atoms with Crippen molar-refractivity contribution in [1.29, 1.82) is 0 Å². The van der Waals surface area contributed by atoms with E-state index in [1.165, 1.54) is 96.4 Å². The van der Waals surface area contributed by atoms with Crippen molar-refractivity contribution in [3.05, 3.63) is 539 Å². The van der Waals surface area contributed by atoms with Gasteiger partial charge in [-0.1, -0.05) is 402 Å². The average molecular weight is 1930 g/mol. The van der Waals surface area contributed by atoms with Crippen LogP contribution in [0.4, 0.5) is 34.1 Å². The molecule has 1 aliphatic carbocycles. The molecule has 7 aromatic heterocycles. The van der Waals surface area contributed by atoms with Crippen molar-refractivity contribution < 1.29 is 13.3 Å². The number of para-hydroxylation sites is 4. The third-order valence-corrected chi connectivity index (χ3v) is 35.8. The molecule has 0 amide bonds. The molecule has 8 nitrogen and oxygen atoms in total. The molecule has 0 atom stereocenters. The quantitative estimate of drug-likeness (QED) is 0.0699. The molecular weight excluding hydrogens is 1840 g/mol. The van der Waals surface area contributed by atoms with Crippen LogP contribution in [0.2, 0.25) is 0 Å². The third kappa shape index (κ3) is 15.6. The number of fused-ring (bicyclic) bond motifs is 21. The second-order valence-electron chi connectivity index (χ2n) is 38.7. The Morgan fingerprint density at radius 3 is 1.09 bits per heavy atom. The largest absolute Gasteiger partial charge is 0.455 e. The summed E-state index contributed by atoms with van der Waals surface area (Å²) in [5.41, 5.74) is 33.8. The van der Waals surface area contributed by atoms with Gasteiger partial charge in [-0.25, -0.2) is 0 Å². The molecule has 0 N–H and O–H groups in total. The Labute approximate surface area is 861 Å². The smallest absolute Gasteiger partial charge is 0.179 e. The fourth-order valence-electron chi connectivity index (χ4n) is 22.8. The lowest BCUT2D eigenvalue weighted by atomic mass is 9.82. The van der Waals surface area contributed by atoms with Gasteiger partial charge < -0.3 is 23.1 Å². The highest BCUT2D eigenvalue weighted by atomic mass is 32.1. The van der Waals surface area contributed by atoms with Crippen LogP contribution in [0.1, 0.15) is 25.0 Å². The lowest BCUT2D eigenvalue weighted by Gasteiger charge is -2.35. The maximum atomic E-state index is 6.30. The number of hydrogen-bond acceptors (Lipinski definition) is 9. The van der Waals surface area contributed by atoms with Crippen LogP contribution in [0.3, 0.4) is 0 Å². The number of aromatic nitrogens is 3. The minimum Gasteiger partial charge on any atom is -0.455 e. The van der Waals surface area contributed by atoms with Crippen molar-refractivity contribution in [1.82, 2.24) is 15.0 Å². The molecule has 28 aromatic rings. The van der Waals surface area contributed by atoms with Crippen LogP contribution in [0, 0.1) is 0 Å². The summed E-state index contributed by atoms with van der Waals surface area (Å²) in [5, 5.41) is 18.1. The van der Waals surface area contributed by atoms with E-state index in [4.69, 9.17) is 28.2 Å². The third-order valence-electron chi connectivity index (χ3n) is 29.9. The molecule has 7 heterocycles. The molecule has 0 spiro atoms. The van der Waals surface area contributed by atoms with E-state index in [0.717, 1.165) is 166 Å². The number of rotatable bonds is 16. The van der Waals surface area contributed by atoms with Crippen molar-refractivity contribution >= 4 is 193 Å². The molecular formula is C138H93N5O3SSi. The summed E-state index contributed by atoms with van der Waals surface area (Å²) in [7, 11) is -2.70. The van der Waals surface area contributed by atoms with Gasteiger partial charge in [-0.15, -0.1) is 11.3 Å². The summed E-state index contributed by atoms with van der Waals surface area (Å²) in [6, 6.07) is 183. The predicted octanol–water partition coefficient (Wildman–Crippen LogP) is 35.4. The van der Waals surface area contributed by atoms with Crippen LogP contribution >= 0.6 is 11.3 Å². The first kappa shape index (κ1) is 88.2. The van der Waals surface area contributed by atoms with E-state index in [2.05, 4.69) is 497 Å². The lowest BCUT2D eigenvalue weighted by Crippen LogP contribution is -2.74. The van der Waals surface area contributed by atoms with Gasteiger partial charge >= 0.3 is 0 Å². The first-order chi connectivity index (χ1) is 73.1. The second kappa shape index (κ2) is 36.9. The number of anilines is 6. The molecule has 21 aromatic carbocycles. The minimum atomic E-state index is -2.70. The van der Waals surface area contributed by atoms with Crippen molar-refractivity contribution in [3.8, 4) is 77.9 Å². The van der Waals surface area contributed by atoms with Gasteiger partial charge in [-0.05, 0) is 226 Å². The van der Waals surface area contributed by atoms with Gasteiger partial charge in [0.25, 0.3) is 0 Å². The number of nitrogens with zero attached hydrogens (tertiary/aromatic N) is 5.